The van der Waals surface area contributed by atoms with Gasteiger partial charge in [0, 0.05) is 10.7 Å². The van der Waals surface area contributed by atoms with E-state index in [1.165, 1.54) is 16.3 Å². The normalized spacial score (nSPS) is 10.8. The number of hydrogen-bond donors (Lipinski definition) is 1. The Labute approximate surface area is 194 Å². The zero-order valence-electron chi connectivity index (χ0n) is 17.2. The van der Waals surface area contributed by atoms with Crippen LogP contribution in [-0.2, 0) is 4.79 Å². The number of halogens is 1. The van der Waals surface area contributed by atoms with Crippen LogP contribution in [0.25, 0.3) is 16.6 Å². The summed E-state index contributed by atoms with van der Waals surface area (Å²) in [5.74, 6) is 0.627. The maximum Gasteiger partial charge on any atom is 0.266 e. The molecule has 6 nitrogen and oxygen atoms in total. The first-order chi connectivity index (χ1) is 15.5. The number of benzene rings is 3. The van der Waals surface area contributed by atoms with E-state index in [1.54, 1.807) is 66.7 Å². The van der Waals surface area contributed by atoms with E-state index in [-0.39, 0.29) is 17.2 Å². The molecule has 0 saturated carbocycles. The SMILES string of the molecule is CCOc1ccc(NC(=O)CSc2nc3ccccc3c(=O)n2-c2ccc(Cl)cc2)cc1. The molecule has 1 aromatic heterocycles. The van der Waals surface area contributed by atoms with Crippen LogP contribution < -0.4 is 15.6 Å². The van der Waals surface area contributed by atoms with Crippen LogP contribution in [0.15, 0.2) is 82.7 Å². The Morgan fingerprint density at radius 1 is 1.06 bits per heavy atom. The third kappa shape index (κ3) is 4.95. The molecule has 0 spiro atoms. The third-order valence-electron chi connectivity index (χ3n) is 4.61. The molecule has 4 aromatic rings. The van der Waals surface area contributed by atoms with Crippen LogP contribution in [0.3, 0.4) is 0 Å². The minimum absolute atomic E-state index is 0.0889. The Kier molecular flexibility index (Phi) is 6.78. The zero-order valence-corrected chi connectivity index (χ0v) is 18.8. The van der Waals surface area contributed by atoms with Crippen LogP contribution in [0.5, 0.6) is 5.75 Å². The minimum Gasteiger partial charge on any atom is -0.494 e. The second kappa shape index (κ2) is 9.89. The number of carbonyl (C=O) groups excluding carboxylic acids is 1. The van der Waals surface area contributed by atoms with E-state index in [4.69, 9.17) is 16.3 Å². The quantitative estimate of drug-likeness (QED) is 0.301. The van der Waals surface area contributed by atoms with Crippen LogP contribution in [0.4, 0.5) is 5.69 Å². The number of carbonyl (C=O) groups is 1. The standard InChI is InChI=1S/C24H20ClN3O3S/c1-2-31-19-13-9-17(10-14-19)26-22(29)15-32-24-27-21-6-4-3-5-20(21)23(30)28(24)18-11-7-16(25)8-12-18/h3-14H,2,15H2,1H3,(H,26,29). The fraction of sp³-hybridized carbons (Fsp3) is 0.125. The van der Waals surface area contributed by atoms with E-state index in [9.17, 15) is 9.59 Å². The molecule has 8 heteroatoms. The number of para-hydroxylation sites is 1. The number of amides is 1. The van der Waals surface area contributed by atoms with Gasteiger partial charge in [0.25, 0.3) is 5.56 Å². The molecule has 1 amide bonds. The van der Waals surface area contributed by atoms with Crippen LogP contribution in [0.1, 0.15) is 6.92 Å². The molecule has 0 aliphatic carbocycles. The lowest BCUT2D eigenvalue weighted by Gasteiger charge is -2.13. The monoisotopic (exact) mass is 465 g/mol. The summed E-state index contributed by atoms with van der Waals surface area (Å²) < 4.78 is 6.92. The van der Waals surface area contributed by atoms with Crippen LogP contribution in [0.2, 0.25) is 5.02 Å². The highest BCUT2D eigenvalue weighted by Gasteiger charge is 2.15. The summed E-state index contributed by atoms with van der Waals surface area (Å²) in [6.07, 6.45) is 0. The highest BCUT2D eigenvalue weighted by Crippen LogP contribution is 2.23. The third-order valence-corrected chi connectivity index (χ3v) is 5.80. The van der Waals surface area contributed by atoms with Crippen molar-refractivity contribution in [1.29, 1.82) is 0 Å². The molecule has 0 saturated heterocycles. The second-order valence-electron chi connectivity index (χ2n) is 6.82. The predicted octanol–water partition coefficient (Wildman–Crippen LogP) is 5.17. The Morgan fingerprint density at radius 3 is 2.50 bits per heavy atom. The molecule has 32 heavy (non-hydrogen) atoms. The van der Waals surface area contributed by atoms with Crippen molar-refractivity contribution in [2.75, 3.05) is 17.7 Å². The maximum absolute atomic E-state index is 13.2. The molecule has 0 fully saturated rings. The number of fused-ring (bicyclic) bond motifs is 1. The molecule has 0 aliphatic rings. The van der Waals surface area contributed by atoms with Crippen molar-refractivity contribution in [3.63, 3.8) is 0 Å². The molecular formula is C24H20ClN3O3S. The first kappa shape index (κ1) is 21.9. The summed E-state index contributed by atoms with van der Waals surface area (Å²) >= 11 is 7.21. The van der Waals surface area contributed by atoms with Crippen molar-refractivity contribution < 1.29 is 9.53 Å². The second-order valence-corrected chi connectivity index (χ2v) is 8.20. The average Bonchev–Trinajstić information content (AvgIpc) is 2.80. The summed E-state index contributed by atoms with van der Waals surface area (Å²) in [6.45, 7) is 2.49. The highest BCUT2D eigenvalue weighted by atomic mass is 35.5. The van der Waals surface area contributed by atoms with Gasteiger partial charge in [0.2, 0.25) is 5.91 Å². The lowest BCUT2D eigenvalue weighted by Crippen LogP contribution is -2.22. The highest BCUT2D eigenvalue weighted by molar-refractivity contribution is 7.99. The fourth-order valence-corrected chi connectivity index (χ4v) is 4.09. The number of thioether (sulfide) groups is 1. The number of anilines is 1. The van der Waals surface area contributed by atoms with E-state index in [0.29, 0.717) is 39.1 Å². The molecule has 1 N–H and O–H groups in total. The maximum atomic E-state index is 13.2. The van der Waals surface area contributed by atoms with Gasteiger partial charge in [-0.3, -0.25) is 14.2 Å². The molecule has 162 valence electrons. The van der Waals surface area contributed by atoms with Gasteiger partial charge in [-0.05, 0) is 67.6 Å². The molecular weight excluding hydrogens is 446 g/mol. The summed E-state index contributed by atoms with van der Waals surface area (Å²) in [5, 5.41) is 4.35. The minimum atomic E-state index is -0.204. The van der Waals surface area contributed by atoms with Gasteiger partial charge in [0.05, 0.1) is 29.0 Å². The lowest BCUT2D eigenvalue weighted by atomic mass is 10.2. The number of nitrogens with one attached hydrogen (secondary N) is 1. The predicted molar refractivity (Wildman–Crippen MR) is 129 cm³/mol. The van der Waals surface area contributed by atoms with Gasteiger partial charge in [-0.1, -0.05) is 35.5 Å². The number of aromatic nitrogens is 2. The van der Waals surface area contributed by atoms with Gasteiger partial charge in [0.1, 0.15) is 5.75 Å². The molecule has 4 rings (SSSR count). The first-order valence-corrected chi connectivity index (χ1v) is 11.3. The van der Waals surface area contributed by atoms with Crippen LogP contribution in [0, 0.1) is 0 Å². The average molecular weight is 466 g/mol. The van der Waals surface area contributed by atoms with Crippen molar-refractivity contribution in [3.05, 3.63) is 88.2 Å². The van der Waals surface area contributed by atoms with Gasteiger partial charge in [-0.25, -0.2) is 4.98 Å². The van der Waals surface area contributed by atoms with Gasteiger partial charge in [-0.2, -0.15) is 0 Å². The molecule has 3 aromatic carbocycles. The van der Waals surface area contributed by atoms with Crippen LogP contribution >= 0.6 is 23.4 Å². The van der Waals surface area contributed by atoms with Gasteiger partial charge >= 0.3 is 0 Å². The fourth-order valence-electron chi connectivity index (χ4n) is 3.16. The van der Waals surface area contributed by atoms with E-state index < -0.39 is 0 Å². The number of rotatable bonds is 7. The van der Waals surface area contributed by atoms with Crippen molar-refractivity contribution in [1.82, 2.24) is 9.55 Å². The van der Waals surface area contributed by atoms with Crippen molar-refractivity contribution in [2.45, 2.75) is 12.1 Å². The number of ether oxygens (including phenoxy) is 1. The lowest BCUT2D eigenvalue weighted by molar-refractivity contribution is -0.113. The Balaban J connectivity index is 1.59. The summed E-state index contributed by atoms with van der Waals surface area (Å²) in [7, 11) is 0. The number of nitrogens with zero attached hydrogens (tertiary/aromatic N) is 2. The largest absolute Gasteiger partial charge is 0.494 e. The molecule has 0 atom stereocenters. The van der Waals surface area contributed by atoms with Gasteiger partial charge in [-0.15, -0.1) is 0 Å². The smallest absolute Gasteiger partial charge is 0.266 e. The van der Waals surface area contributed by atoms with E-state index in [0.717, 1.165) is 5.75 Å². The van der Waals surface area contributed by atoms with E-state index in [2.05, 4.69) is 10.3 Å². The van der Waals surface area contributed by atoms with Gasteiger partial charge < -0.3 is 10.1 Å². The van der Waals surface area contributed by atoms with Crippen molar-refractivity contribution in [3.8, 4) is 11.4 Å². The number of hydrogen-bond acceptors (Lipinski definition) is 5. The molecule has 0 bridgehead atoms. The van der Waals surface area contributed by atoms with E-state index >= 15 is 0 Å². The molecule has 0 unspecified atom stereocenters. The Bertz CT molecular complexity index is 1310. The van der Waals surface area contributed by atoms with Crippen molar-refractivity contribution >= 4 is 45.9 Å². The summed E-state index contributed by atoms with van der Waals surface area (Å²) in [4.78, 5) is 30.4. The van der Waals surface area contributed by atoms with Gasteiger partial charge in [0.15, 0.2) is 5.16 Å². The summed E-state index contributed by atoms with van der Waals surface area (Å²) in [6, 6.07) is 21.3. The molecule has 0 radical (unpaired) electrons. The zero-order chi connectivity index (χ0) is 22.5. The topological polar surface area (TPSA) is 73.2 Å². The molecule has 0 aliphatic heterocycles. The van der Waals surface area contributed by atoms with Crippen molar-refractivity contribution in [2.24, 2.45) is 0 Å². The summed E-state index contributed by atoms with van der Waals surface area (Å²) in [5.41, 5.74) is 1.68. The Morgan fingerprint density at radius 2 is 1.78 bits per heavy atom. The Hall–Kier alpha value is -3.29. The first-order valence-electron chi connectivity index (χ1n) is 9.98. The van der Waals surface area contributed by atoms with Crippen LogP contribution in [-0.4, -0.2) is 27.8 Å². The molecule has 1 heterocycles. The van der Waals surface area contributed by atoms with E-state index in [1.807, 2.05) is 13.0 Å².